The molecule has 21 heavy (non-hydrogen) atoms. The topological polar surface area (TPSA) is 46.4 Å². The molecule has 112 valence electrons. The summed E-state index contributed by atoms with van der Waals surface area (Å²) in [4.78, 5) is 16.3. The zero-order valence-electron chi connectivity index (χ0n) is 12.0. The van der Waals surface area contributed by atoms with Crippen molar-refractivity contribution >= 4 is 11.6 Å². The Labute approximate surface area is 123 Å². The molecule has 1 saturated carbocycles. The van der Waals surface area contributed by atoms with Crippen LogP contribution in [-0.2, 0) is 11.3 Å². The summed E-state index contributed by atoms with van der Waals surface area (Å²) in [5.41, 5.74) is 1.44. The Bertz CT molecular complexity index is 631. The van der Waals surface area contributed by atoms with E-state index in [-0.39, 0.29) is 11.7 Å². The van der Waals surface area contributed by atoms with Gasteiger partial charge in [0.05, 0.1) is 12.2 Å². The highest BCUT2D eigenvalue weighted by atomic mass is 19.1. The maximum absolute atomic E-state index is 13.1. The van der Waals surface area contributed by atoms with Gasteiger partial charge in [0.25, 0.3) is 0 Å². The number of nitrogens with zero attached hydrogens (tertiary/aromatic N) is 2. The first-order chi connectivity index (χ1) is 10.2. The van der Waals surface area contributed by atoms with E-state index in [1.165, 1.54) is 44.4 Å². The Morgan fingerprint density at radius 3 is 2.90 bits per heavy atom. The minimum atomic E-state index is -0.298. The van der Waals surface area contributed by atoms with Crippen LogP contribution in [0.25, 0.3) is 5.65 Å². The molecule has 2 aromatic heterocycles. The largest absolute Gasteiger partial charge is 0.350 e. The van der Waals surface area contributed by atoms with Crippen LogP contribution < -0.4 is 5.32 Å². The molecule has 1 aliphatic carbocycles. The molecular weight excluding hydrogens is 269 g/mol. The van der Waals surface area contributed by atoms with E-state index in [4.69, 9.17) is 0 Å². The van der Waals surface area contributed by atoms with E-state index in [9.17, 15) is 9.18 Å². The number of aromatic nitrogens is 2. The summed E-state index contributed by atoms with van der Waals surface area (Å²) in [6, 6.07) is 3.01. The highest BCUT2D eigenvalue weighted by molar-refractivity contribution is 5.76. The molecule has 1 N–H and O–H groups in total. The van der Waals surface area contributed by atoms with Crippen molar-refractivity contribution in [2.24, 2.45) is 5.92 Å². The number of imidazole rings is 1. The van der Waals surface area contributed by atoms with Crippen LogP contribution in [0.1, 0.15) is 44.2 Å². The third kappa shape index (κ3) is 3.60. The van der Waals surface area contributed by atoms with Crippen molar-refractivity contribution in [3.63, 3.8) is 0 Å². The molecule has 4 nitrogen and oxygen atoms in total. The number of hydrogen-bond donors (Lipinski definition) is 1. The number of rotatable bonds is 4. The lowest BCUT2D eigenvalue weighted by Gasteiger charge is -2.20. The molecule has 5 heteroatoms. The Balaban J connectivity index is 1.54. The van der Waals surface area contributed by atoms with Gasteiger partial charge in [0.15, 0.2) is 0 Å². The molecule has 3 rings (SSSR count). The van der Waals surface area contributed by atoms with Crippen LogP contribution in [0.15, 0.2) is 24.5 Å². The summed E-state index contributed by atoms with van der Waals surface area (Å²) in [6.45, 7) is 0.398. The van der Waals surface area contributed by atoms with Gasteiger partial charge in [-0.2, -0.15) is 0 Å². The minimum Gasteiger partial charge on any atom is -0.350 e. The fraction of sp³-hybridized carbons (Fsp3) is 0.500. The molecular formula is C16H20FN3O. The third-order valence-electron chi connectivity index (χ3n) is 4.13. The Morgan fingerprint density at radius 1 is 1.29 bits per heavy atom. The Hall–Kier alpha value is -1.91. The van der Waals surface area contributed by atoms with Gasteiger partial charge in [0.2, 0.25) is 5.91 Å². The second-order valence-corrected chi connectivity index (χ2v) is 5.83. The van der Waals surface area contributed by atoms with Crippen molar-refractivity contribution in [1.82, 2.24) is 14.7 Å². The average Bonchev–Trinajstić information content (AvgIpc) is 2.88. The standard InChI is InChI=1S/C16H20FN3O/c17-13-6-7-15-19-14(11-20(15)10-13)9-18-16(21)8-12-4-2-1-3-5-12/h6-7,10-12H,1-5,8-9H2,(H,18,21). The zero-order valence-corrected chi connectivity index (χ0v) is 12.0. The van der Waals surface area contributed by atoms with Crippen molar-refractivity contribution in [2.75, 3.05) is 0 Å². The molecule has 0 unspecified atom stereocenters. The van der Waals surface area contributed by atoms with Gasteiger partial charge in [-0.05, 0) is 30.9 Å². The average molecular weight is 289 g/mol. The van der Waals surface area contributed by atoms with Gasteiger partial charge in [-0.15, -0.1) is 0 Å². The lowest BCUT2D eigenvalue weighted by molar-refractivity contribution is -0.122. The third-order valence-corrected chi connectivity index (χ3v) is 4.13. The molecule has 0 radical (unpaired) electrons. The van der Waals surface area contributed by atoms with E-state index >= 15 is 0 Å². The van der Waals surface area contributed by atoms with E-state index in [0.29, 0.717) is 24.5 Å². The van der Waals surface area contributed by atoms with Gasteiger partial charge >= 0.3 is 0 Å². The SMILES string of the molecule is O=C(CC1CCCCC1)NCc1cn2cc(F)ccc2n1. The van der Waals surface area contributed by atoms with E-state index in [0.717, 1.165) is 5.69 Å². The second-order valence-electron chi connectivity index (χ2n) is 5.83. The molecule has 2 heterocycles. The molecule has 1 amide bonds. The summed E-state index contributed by atoms with van der Waals surface area (Å²) in [6.07, 6.45) is 9.88. The lowest BCUT2D eigenvalue weighted by Crippen LogP contribution is -2.26. The maximum Gasteiger partial charge on any atom is 0.220 e. The molecule has 0 atom stereocenters. The number of fused-ring (bicyclic) bond motifs is 1. The van der Waals surface area contributed by atoms with Crippen molar-refractivity contribution in [3.05, 3.63) is 36.0 Å². The van der Waals surface area contributed by atoms with Crippen LogP contribution in [0.3, 0.4) is 0 Å². The first kappa shape index (κ1) is 14.0. The number of carbonyl (C=O) groups excluding carboxylic acids is 1. The number of pyridine rings is 1. The number of hydrogen-bond acceptors (Lipinski definition) is 2. The Morgan fingerprint density at radius 2 is 2.10 bits per heavy atom. The zero-order chi connectivity index (χ0) is 14.7. The van der Waals surface area contributed by atoms with Gasteiger partial charge in [-0.3, -0.25) is 4.79 Å². The minimum absolute atomic E-state index is 0.0881. The van der Waals surface area contributed by atoms with E-state index in [2.05, 4.69) is 10.3 Å². The molecule has 0 saturated heterocycles. The predicted octanol–water partition coefficient (Wildman–Crippen LogP) is 3.06. The highest BCUT2D eigenvalue weighted by Crippen LogP contribution is 2.26. The van der Waals surface area contributed by atoms with Crippen molar-refractivity contribution < 1.29 is 9.18 Å². The van der Waals surface area contributed by atoms with Crippen molar-refractivity contribution in [2.45, 2.75) is 45.1 Å². The number of halogens is 1. The van der Waals surface area contributed by atoms with E-state index < -0.39 is 0 Å². The molecule has 1 aliphatic rings. The smallest absolute Gasteiger partial charge is 0.220 e. The van der Waals surface area contributed by atoms with Crippen molar-refractivity contribution in [3.8, 4) is 0 Å². The molecule has 0 spiro atoms. The predicted molar refractivity (Wildman–Crippen MR) is 78.2 cm³/mol. The fourth-order valence-corrected chi connectivity index (χ4v) is 3.02. The first-order valence-corrected chi connectivity index (χ1v) is 7.60. The van der Waals surface area contributed by atoms with Crippen LogP contribution in [0.5, 0.6) is 0 Å². The first-order valence-electron chi connectivity index (χ1n) is 7.60. The number of carbonyl (C=O) groups is 1. The summed E-state index contributed by atoms with van der Waals surface area (Å²) >= 11 is 0. The van der Waals surface area contributed by atoms with Crippen LogP contribution in [-0.4, -0.2) is 15.3 Å². The van der Waals surface area contributed by atoms with Crippen LogP contribution >= 0.6 is 0 Å². The van der Waals surface area contributed by atoms with Crippen LogP contribution in [0.2, 0.25) is 0 Å². The molecule has 0 bridgehead atoms. The van der Waals surface area contributed by atoms with Crippen LogP contribution in [0.4, 0.5) is 4.39 Å². The van der Waals surface area contributed by atoms with E-state index in [1.54, 1.807) is 16.7 Å². The molecule has 0 aromatic carbocycles. The fourth-order valence-electron chi connectivity index (χ4n) is 3.02. The summed E-state index contributed by atoms with van der Waals surface area (Å²) < 4.78 is 14.7. The molecule has 1 fully saturated rings. The van der Waals surface area contributed by atoms with Gasteiger partial charge in [0, 0.05) is 18.8 Å². The summed E-state index contributed by atoms with van der Waals surface area (Å²) in [7, 11) is 0. The second kappa shape index (κ2) is 6.24. The summed E-state index contributed by atoms with van der Waals surface area (Å²) in [5, 5.41) is 2.91. The molecule has 0 aliphatic heterocycles. The van der Waals surface area contributed by atoms with Crippen LogP contribution in [0, 0.1) is 11.7 Å². The van der Waals surface area contributed by atoms with Gasteiger partial charge < -0.3 is 9.72 Å². The van der Waals surface area contributed by atoms with Gasteiger partial charge in [-0.25, -0.2) is 9.37 Å². The normalized spacial score (nSPS) is 16.2. The number of amides is 1. The lowest BCUT2D eigenvalue weighted by atomic mass is 9.87. The highest BCUT2D eigenvalue weighted by Gasteiger charge is 2.17. The monoisotopic (exact) mass is 289 g/mol. The quantitative estimate of drug-likeness (QED) is 0.940. The van der Waals surface area contributed by atoms with Gasteiger partial charge in [-0.1, -0.05) is 19.3 Å². The van der Waals surface area contributed by atoms with Crippen molar-refractivity contribution in [1.29, 1.82) is 0 Å². The molecule has 2 aromatic rings. The van der Waals surface area contributed by atoms with Gasteiger partial charge in [0.1, 0.15) is 11.5 Å². The number of nitrogens with one attached hydrogen (secondary N) is 1. The Kier molecular flexibility index (Phi) is 4.18. The maximum atomic E-state index is 13.1. The summed E-state index contributed by atoms with van der Waals surface area (Å²) in [5.74, 6) is 0.326. The van der Waals surface area contributed by atoms with E-state index in [1.807, 2.05) is 0 Å².